The topological polar surface area (TPSA) is 75.9 Å². The third-order valence-corrected chi connectivity index (χ3v) is 2.77. The standard InChI is InChI=1S/C10H7N3O2S/c1-2-15-10(14)9-13-7-4-3-6(5-11)12-8(7)16-9/h3-4H,2H2,1H3. The summed E-state index contributed by atoms with van der Waals surface area (Å²) in [7, 11) is 0. The lowest BCUT2D eigenvalue weighted by atomic mass is 10.4. The molecule has 2 aromatic rings. The Hall–Kier alpha value is -2.00. The predicted octanol–water partition coefficient (Wildman–Crippen LogP) is 1.74. The molecule has 0 bridgehead atoms. The molecule has 2 heterocycles. The lowest BCUT2D eigenvalue weighted by Crippen LogP contribution is -2.03. The minimum Gasteiger partial charge on any atom is -0.461 e. The highest BCUT2D eigenvalue weighted by Crippen LogP contribution is 2.20. The van der Waals surface area contributed by atoms with E-state index in [0.717, 1.165) is 11.3 Å². The lowest BCUT2D eigenvalue weighted by molar-refractivity contribution is 0.0526. The zero-order valence-corrected chi connectivity index (χ0v) is 9.24. The number of aromatic nitrogens is 2. The van der Waals surface area contributed by atoms with Crippen molar-refractivity contribution in [3.8, 4) is 6.07 Å². The molecule has 0 atom stereocenters. The van der Waals surface area contributed by atoms with Crippen molar-refractivity contribution in [2.24, 2.45) is 0 Å². The summed E-state index contributed by atoms with van der Waals surface area (Å²) < 4.78 is 4.83. The summed E-state index contributed by atoms with van der Waals surface area (Å²) in [4.78, 5) is 20.1. The molecule has 6 heteroatoms. The van der Waals surface area contributed by atoms with Gasteiger partial charge in [0.05, 0.1) is 6.61 Å². The number of carbonyl (C=O) groups is 1. The molecule has 0 N–H and O–H groups in total. The van der Waals surface area contributed by atoms with Crippen LogP contribution >= 0.6 is 11.3 Å². The number of hydrogen-bond acceptors (Lipinski definition) is 6. The maximum absolute atomic E-state index is 11.4. The van der Waals surface area contributed by atoms with Gasteiger partial charge in [-0.15, -0.1) is 0 Å². The van der Waals surface area contributed by atoms with Crippen molar-refractivity contribution in [3.05, 3.63) is 22.8 Å². The molecule has 0 saturated carbocycles. The van der Waals surface area contributed by atoms with Crippen molar-refractivity contribution in [1.82, 2.24) is 9.97 Å². The monoisotopic (exact) mass is 233 g/mol. The summed E-state index contributed by atoms with van der Waals surface area (Å²) in [5.74, 6) is -0.455. The number of esters is 1. The second kappa shape index (κ2) is 4.24. The average Bonchev–Trinajstić information content (AvgIpc) is 2.71. The number of ether oxygens (including phenoxy) is 1. The van der Waals surface area contributed by atoms with E-state index in [1.807, 2.05) is 6.07 Å². The third kappa shape index (κ3) is 1.85. The molecule has 5 nitrogen and oxygen atoms in total. The first-order valence-corrected chi connectivity index (χ1v) is 5.41. The van der Waals surface area contributed by atoms with Crippen LogP contribution < -0.4 is 0 Å². The summed E-state index contributed by atoms with van der Waals surface area (Å²) in [5, 5.41) is 8.94. The molecule has 0 aliphatic carbocycles. The number of hydrogen-bond donors (Lipinski definition) is 0. The van der Waals surface area contributed by atoms with E-state index in [1.54, 1.807) is 19.1 Å². The Labute approximate surface area is 95.3 Å². The Morgan fingerprint density at radius 2 is 2.38 bits per heavy atom. The van der Waals surface area contributed by atoms with Crippen LogP contribution in [0.4, 0.5) is 0 Å². The van der Waals surface area contributed by atoms with Gasteiger partial charge in [-0.3, -0.25) is 0 Å². The minimum atomic E-state index is -0.455. The lowest BCUT2D eigenvalue weighted by Gasteiger charge is -1.94. The maximum atomic E-state index is 11.4. The van der Waals surface area contributed by atoms with E-state index in [2.05, 4.69) is 9.97 Å². The summed E-state index contributed by atoms with van der Waals surface area (Å²) in [6, 6.07) is 5.17. The first-order valence-electron chi connectivity index (χ1n) is 4.59. The molecule has 80 valence electrons. The van der Waals surface area contributed by atoms with Crippen LogP contribution in [0.15, 0.2) is 12.1 Å². The first-order chi connectivity index (χ1) is 7.74. The predicted molar refractivity (Wildman–Crippen MR) is 58.1 cm³/mol. The van der Waals surface area contributed by atoms with E-state index in [1.165, 1.54) is 0 Å². The van der Waals surface area contributed by atoms with Gasteiger partial charge in [-0.1, -0.05) is 11.3 Å². The van der Waals surface area contributed by atoms with Crippen molar-refractivity contribution < 1.29 is 9.53 Å². The number of rotatable bonds is 2. The van der Waals surface area contributed by atoms with Gasteiger partial charge in [-0.2, -0.15) is 5.26 Å². The Morgan fingerprint density at radius 1 is 1.56 bits per heavy atom. The number of nitriles is 1. The van der Waals surface area contributed by atoms with Gasteiger partial charge >= 0.3 is 5.97 Å². The highest BCUT2D eigenvalue weighted by Gasteiger charge is 2.13. The van der Waals surface area contributed by atoms with Crippen LogP contribution in [-0.2, 0) is 4.74 Å². The van der Waals surface area contributed by atoms with E-state index in [0.29, 0.717) is 22.6 Å². The molecule has 0 aliphatic heterocycles. The summed E-state index contributed by atoms with van der Waals surface area (Å²) in [5.41, 5.74) is 0.915. The SMILES string of the molecule is CCOC(=O)c1nc2ccc(C#N)nc2s1. The fourth-order valence-electron chi connectivity index (χ4n) is 1.16. The fraction of sp³-hybridized carbons (Fsp3) is 0.200. The molecule has 2 rings (SSSR count). The summed E-state index contributed by atoms with van der Waals surface area (Å²) in [6.07, 6.45) is 0. The zero-order valence-electron chi connectivity index (χ0n) is 8.43. The van der Waals surface area contributed by atoms with Crippen LogP contribution in [0, 0.1) is 11.3 Å². The highest BCUT2D eigenvalue weighted by molar-refractivity contribution is 7.19. The van der Waals surface area contributed by atoms with Crippen LogP contribution in [0.25, 0.3) is 10.3 Å². The number of carbonyl (C=O) groups excluding carboxylic acids is 1. The van der Waals surface area contributed by atoms with Crippen LogP contribution in [0.3, 0.4) is 0 Å². The third-order valence-electron chi connectivity index (χ3n) is 1.82. The Kier molecular flexibility index (Phi) is 2.79. The van der Waals surface area contributed by atoms with E-state index in [4.69, 9.17) is 10.00 Å². The van der Waals surface area contributed by atoms with Gasteiger partial charge in [0.25, 0.3) is 0 Å². The molecule has 0 amide bonds. The molecule has 0 aromatic carbocycles. The molecule has 0 unspecified atom stereocenters. The smallest absolute Gasteiger partial charge is 0.367 e. The minimum absolute atomic E-state index is 0.263. The quantitative estimate of drug-likeness (QED) is 0.738. The van der Waals surface area contributed by atoms with Gasteiger partial charge in [0.2, 0.25) is 5.01 Å². The van der Waals surface area contributed by atoms with Crippen LogP contribution in [0.5, 0.6) is 0 Å². The van der Waals surface area contributed by atoms with E-state index in [-0.39, 0.29) is 5.01 Å². The largest absolute Gasteiger partial charge is 0.461 e. The number of pyridine rings is 1. The Morgan fingerprint density at radius 3 is 3.06 bits per heavy atom. The normalized spacial score (nSPS) is 10.0. The summed E-state index contributed by atoms with van der Waals surface area (Å²) >= 11 is 1.13. The van der Waals surface area contributed by atoms with E-state index >= 15 is 0 Å². The molecule has 2 aromatic heterocycles. The number of thiazole rings is 1. The van der Waals surface area contributed by atoms with Crippen LogP contribution in [-0.4, -0.2) is 22.5 Å². The molecular weight excluding hydrogens is 226 g/mol. The van der Waals surface area contributed by atoms with Gasteiger partial charge < -0.3 is 4.74 Å². The van der Waals surface area contributed by atoms with Gasteiger partial charge in [0.15, 0.2) is 0 Å². The van der Waals surface area contributed by atoms with Gasteiger partial charge in [0, 0.05) is 0 Å². The second-order valence-corrected chi connectivity index (χ2v) is 3.85. The molecule has 0 spiro atoms. The maximum Gasteiger partial charge on any atom is 0.367 e. The number of nitrogens with zero attached hydrogens (tertiary/aromatic N) is 3. The summed E-state index contributed by atoms with van der Waals surface area (Å²) in [6.45, 7) is 2.04. The van der Waals surface area contributed by atoms with Crippen molar-refractivity contribution in [2.45, 2.75) is 6.92 Å². The number of fused-ring (bicyclic) bond motifs is 1. The van der Waals surface area contributed by atoms with E-state index in [9.17, 15) is 4.79 Å². The molecule has 0 aliphatic rings. The van der Waals surface area contributed by atoms with Crippen molar-refractivity contribution in [3.63, 3.8) is 0 Å². The second-order valence-electron chi connectivity index (χ2n) is 2.87. The first kappa shape index (κ1) is 10.5. The van der Waals surface area contributed by atoms with Crippen molar-refractivity contribution >= 4 is 27.7 Å². The van der Waals surface area contributed by atoms with E-state index < -0.39 is 5.97 Å². The highest BCUT2D eigenvalue weighted by atomic mass is 32.1. The molecular formula is C10H7N3O2S. The fourth-order valence-corrected chi connectivity index (χ4v) is 1.99. The van der Waals surface area contributed by atoms with Gasteiger partial charge in [0.1, 0.15) is 22.1 Å². The van der Waals surface area contributed by atoms with Gasteiger partial charge in [-0.05, 0) is 19.1 Å². The van der Waals surface area contributed by atoms with Crippen LogP contribution in [0.2, 0.25) is 0 Å². The van der Waals surface area contributed by atoms with Crippen LogP contribution in [0.1, 0.15) is 22.4 Å². The average molecular weight is 233 g/mol. The molecule has 0 saturated heterocycles. The Balaban J connectivity index is 2.44. The van der Waals surface area contributed by atoms with Gasteiger partial charge in [-0.25, -0.2) is 14.8 Å². The van der Waals surface area contributed by atoms with Crippen molar-refractivity contribution in [2.75, 3.05) is 6.61 Å². The molecule has 0 radical (unpaired) electrons. The Bertz CT molecular complexity index is 585. The van der Waals surface area contributed by atoms with Crippen molar-refractivity contribution in [1.29, 1.82) is 5.26 Å². The zero-order chi connectivity index (χ0) is 11.5. The molecule has 0 fully saturated rings. The molecule has 16 heavy (non-hydrogen) atoms.